The van der Waals surface area contributed by atoms with Crippen molar-refractivity contribution >= 4 is 0 Å². The Kier molecular flexibility index (Phi) is 369. The first-order valence-electron chi connectivity index (χ1n) is 7.24. The van der Waals surface area contributed by atoms with Gasteiger partial charge in [-0.1, -0.05) is 116 Å². The molecule has 0 spiro atoms. The van der Waals surface area contributed by atoms with Gasteiger partial charge in [0.2, 0.25) is 0 Å². The van der Waals surface area contributed by atoms with E-state index in [0.717, 1.165) is 0 Å². The van der Waals surface area contributed by atoms with E-state index in [1.807, 2.05) is 27.7 Å². The van der Waals surface area contributed by atoms with Gasteiger partial charge in [0, 0.05) is 0 Å². The Labute approximate surface area is 117 Å². The van der Waals surface area contributed by atoms with Crippen molar-refractivity contribution < 1.29 is 0 Å². The van der Waals surface area contributed by atoms with Crippen LogP contribution >= 0.6 is 0 Å². The molecule has 0 N–H and O–H groups in total. The Bertz CT molecular complexity index is 15.2. The number of hydrogen-bond acceptors (Lipinski definition) is 0. The largest absolute Gasteiger partial charge is 0.0776 e. The van der Waals surface area contributed by atoms with E-state index >= 15 is 0 Å². The summed E-state index contributed by atoms with van der Waals surface area (Å²) in [5, 5.41) is 0. The zero-order valence-corrected chi connectivity index (χ0v) is 13.5. The van der Waals surface area contributed by atoms with Crippen LogP contribution in [0.5, 0.6) is 0 Å². The Morgan fingerprint density at radius 2 is 0.471 bits per heavy atom. The van der Waals surface area contributed by atoms with E-state index in [0.29, 0.717) is 0 Å². The first kappa shape index (κ1) is 43.5. The summed E-state index contributed by atoms with van der Waals surface area (Å²) in [6.07, 6.45) is 6.53. The van der Waals surface area contributed by atoms with Crippen molar-refractivity contribution in [2.75, 3.05) is 0 Å². The average Bonchev–Trinajstić information content (AvgIpc) is 2.35. The number of unbranched alkanes of at least 4 members (excludes halogenated alkanes) is 2. The minimum Gasteiger partial charge on any atom is -0.0776 e. The zero-order chi connectivity index (χ0) is 13.5. The Balaban J connectivity index is -0.0000000148. The molecule has 0 heteroatoms. The third-order valence-corrected chi connectivity index (χ3v) is 1.000. The maximum Gasteiger partial charge on any atom is -0.0564 e. The van der Waals surface area contributed by atoms with E-state index in [1.165, 1.54) is 32.1 Å². The molecule has 0 bridgehead atoms. The van der Waals surface area contributed by atoms with Gasteiger partial charge in [-0.3, -0.25) is 0 Å². The quantitative estimate of drug-likeness (QED) is 0.463. The molecule has 0 heterocycles. The van der Waals surface area contributed by atoms with E-state index < -0.39 is 0 Å². The molecule has 0 aromatic rings. The second-order valence-electron chi connectivity index (χ2n) is 2.71. The van der Waals surface area contributed by atoms with E-state index in [4.69, 9.17) is 0 Å². The molecule has 0 saturated heterocycles. The van der Waals surface area contributed by atoms with Crippen molar-refractivity contribution in [3.8, 4) is 0 Å². The van der Waals surface area contributed by atoms with Crippen molar-refractivity contribution in [2.45, 2.75) is 116 Å². The van der Waals surface area contributed by atoms with Gasteiger partial charge < -0.3 is 0 Å². The van der Waals surface area contributed by atoms with Gasteiger partial charge in [0.25, 0.3) is 0 Å². The summed E-state index contributed by atoms with van der Waals surface area (Å²) >= 11 is 0. The zero-order valence-electron chi connectivity index (χ0n) is 13.5. The molecule has 0 atom stereocenters. The molecule has 0 aliphatic rings. The van der Waals surface area contributed by atoms with E-state index in [2.05, 4.69) is 41.5 Å². The normalized spacial score (nSPS) is 5.29. The smallest absolute Gasteiger partial charge is 0.0564 e. The summed E-state index contributed by atoms with van der Waals surface area (Å²) in [4.78, 5) is 0. The fraction of sp³-hybridized carbons (Fsp3) is 1.00. The summed E-state index contributed by atoms with van der Waals surface area (Å²) in [7, 11) is 0. The Hall–Kier alpha value is 0. The summed E-state index contributed by atoms with van der Waals surface area (Å²) in [5.41, 5.74) is 0. The van der Waals surface area contributed by atoms with Crippen LogP contribution in [0.4, 0.5) is 0 Å². The lowest BCUT2D eigenvalue weighted by Crippen LogP contribution is -1.47. The number of rotatable bonds is 2. The summed E-state index contributed by atoms with van der Waals surface area (Å²) in [5.74, 6) is 0. The van der Waals surface area contributed by atoms with Gasteiger partial charge >= 0.3 is 0 Å². The fourth-order valence-electron chi connectivity index (χ4n) is 0. The molecule has 0 aliphatic heterocycles. The third kappa shape index (κ3) is 784. The van der Waals surface area contributed by atoms with Crippen molar-refractivity contribution in [1.82, 2.24) is 0 Å². The molecule has 0 aromatic carbocycles. The lowest BCUT2D eigenvalue weighted by atomic mass is 10.4. The molecule has 0 fully saturated rings. The average molecular weight is 253 g/mol. The molecule has 0 rings (SSSR count). The lowest BCUT2D eigenvalue weighted by molar-refractivity contribution is 0.886. The standard InChI is InChI=1S/2C4H10.C3H8.2C2H6.2CH4/c2*1-3-4-2;1-3-2;2*1-2;;/h2*3-4H2,1-2H3;3H2,1-2H3;2*1-2H3;2*1H4. The molecule has 0 radical (unpaired) electrons. The second-order valence-corrected chi connectivity index (χ2v) is 2.71. The Morgan fingerprint density at radius 1 is 0.412 bits per heavy atom. The van der Waals surface area contributed by atoms with Crippen LogP contribution in [0.3, 0.4) is 0 Å². The van der Waals surface area contributed by atoms with Crippen LogP contribution in [0, 0.1) is 0 Å². The molecule has 0 nitrogen and oxygen atoms in total. The van der Waals surface area contributed by atoms with Crippen LogP contribution in [0.1, 0.15) is 116 Å². The maximum atomic E-state index is 2.18. The van der Waals surface area contributed by atoms with Gasteiger partial charge in [0.1, 0.15) is 0 Å². The van der Waals surface area contributed by atoms with Crippen LogP contribution in [0.25, 0.3) is 0 Å². The maximum absolute atomic E-state index is 2.18. The van der Waals surface area contributed by atoms with Crippen molar-refractivity contribution in [3.05, 3.63) is 0 Å². The van der Waals surface area contributed by atoms with Gasteiger partial charge in [-0.05, 0) is 0 Å². The van der Waals surface area contributed by atoms with E-state index in [-0.39, 0.29) is 14.9 Å². The molecule has 0 saturated carbocycles. The second kappa shape index (κ2) is 144. The first-order valence-corrected chi connectivity index (χ1v) is 7.24. The molecular formula is C17H48. The predicted octanol–water partition coefficient (Wildman–Crippen LogP) is 8.35. The van der Waals surface area contributed by atoms with Gasteiger partial charge in [-0.15, -0.1) is 0 Å². The first-order chi connectivity index (χ1) is 7.24. The van der Waals surface area contributed by atoms with Crippen molar-refractivity contribution in [3.63, 3.8) is 0 Å². The summed E-state index contributed by atoms with van der Waals surface area (Å²) in [6, 6.07) is 0. The topological polar surface area (TPSA) is 0 Å². The van der Waals surface area contributed by atoms with Gasteiger partial charge in [0.05, 0.1) is 0 Å². The number of hydrogen-bond donors (Lipinski definition) is 0. The summed E-state index contributed by atoms with van der Waals surface area (Å²) in [6.45, 7) is 21.0. The van der Waals surface area contributed by atoms with Crippen LogP contribution in [0.2, 0.25) is 0 Å². The molecule has 17 heavy (non-hydrogen) atoms. The third-order valence-electron chi connectivity index (χ3n) is 1.000. The fourth-order valence-corrected chi connectivity index (χ4v) is 0. The van der Waals surface area contributed by atoms with Gasteiger partial charge in [-0.2, -0.15) is 0 Å². The van der Waals surface area contributed by atoms with Crippen molar-refractivity contribution in [1.29, 1.82) is 0 Å². The molecule has 0 amide bonds. The van der Waals surface area contributed by atoms with E-state index in [1.54, 1.807) is 0 Å². The van der Waals surface area contributed by atoms with Gasteiger partial charge in [-0.25, -0.2) is 0 Å². The highest BCUT2D eigenvalue weighted by molar-refractivity contribution is 4.13. The minimum absolute atomic E-state index is 0. The lowest BCUT2D eigenvalue weighted by Gasteiger charge is -1.68. The van der Waals surface area contributed by atoms with Crippen LogP contribution in [0.15, 0.2) is 0 Å². The highest BCUT2D eigenvalue weighted by atomic mass is 13.6. The monoisotopic (exact) mass is 252 g/mol. The van der Waals surface area contributed by atoms with Crippen LogP contribution < -0.4 is 0 Å². The van der Waals surface area contributed by atoms with Crippen LogP contribution in [-0.4, -0.2) is 0 Å². The molecular weight excluding hydrogens is 204 g/mol. The minimum atomic E-state index is 0. The molecule has 0 aromatic heterocycles. The molecule has 116 valence electrons. The van der Waals surface area contributed by atoms with Crippen LogP contribution in [-0.2, 0) is 0 Å². The Morgan fingerprint density at radius 3 is 0.471 bits per heavy atom. The molecule has 0 unspecified atom stereocenters. The highest BCUT2D eigenvalue weighted by Crippen LogP contribution is 1.77. The predicted molar refractivity (Wildman–Crippen MR) is 93.3 cm³/mol. The molecule has 0 aliphatic carbocycles. The van der Waals surface area contributed by atoms with E-state index in [9.17, 15) is 0 Å². The summed E-state index contributed by atoms with van der Waals surface area (Å²) < 4.78 is 0. The highest BCUT2D eigenvalue weighted by Gasteiger charge is 1.56. The SMILES string of the molecule is C.C.CC.CC.CCC.CCCC.CCCC. The van der Waals surface area contributed by atoms with Crippen molar-refractivity contribution in [2.24, 2.45) is 0 Å². The van der Waals surface area contributed by atoms with Gasteiger partial charge in [0.15, 0.2) is 0 Å².